The molecular weight excluding hydrogens is 362 g/mol. The van der Waals surface area contributed by atoms with Crippen molar-refractivity contribution in [2.45, 2.75) is 31.1 Å². The van der Waals surface area contributed by atoms with E-state index >= 15 is 0 Å². The minimum Gasteiger partial charge on any atom is -0.359 e. The van der Waals surface area contributed by atoms with Crippen LogP contribution >= 0.6 is 0 Å². The first-order chi connectivity index (χ1) is 12.8. The maximum Gasteiger partial charge on any atom is 0.284 e. The van der Waals surface area contributed by atoms with Crippen LogP contribution in [0.2, 0.25) is 0 Å². The van der Waals surface area contributed by atoms with Gasteiger partial charge in [-0.2, -0.15) is 8.42 Å². The van der Waals surface area contributed by atoms with E-state index in [1.807, 2.05) is 39.0 Å². The molecule has 0 aliphatic heterocycles. The lowest BCUT2D eigenvalue weighted by atomic mass is 9.93. The molecule has 0 aliphatic rings. The molecule has 1 N–H and O–H groups in total. The third kappa shape index (κ3) is 4.62. The Morgan fingerprint density at radius 2 is 1.59 bits per heavy atom. The van der Waals surface area contributed by atoms with Gasteiger partial charge in [-0.05, 0) is 12.1 Å². The van der Waals surface area contributed by atoms with Gasteiger partial charge in [-0.3, -0.25) is 0 Å². The zero-order chi connectivity index (χ0) is 19.5. The van der Waals surface area contributed by atoms with Crippen LogP contribution in [-0.2, 0) is 15.4 Å². The van der Waals surface area contributed by atoms with Gasteiger partial charge < -0.3 is 9.84 Å². The standard InChI is InChI=1S/C20H21N3O3S/c1-20(2,3)17-14-18(22-26-17)21-19(15-10-6-4-7-11-15)23-27(24,25)16-12-8-5-9-13-16/h4-14H,1-3H3,(H,21,22,23). The molecular formula is C20H21N3O3S. The summed E-state index contributed by atoms with van der Waals surface area (Å²) >= 11 is 0. The predicted octanol–water partition coefficient (Wildman–Crippen LogP) is 4.22. The summed E-state index contributed by atoms with van der Waals surface area (Å²) in [4.78, 5) is 0.121. The Morgan fingerprint density at radius 1 is 1.00 bits per heavy atom. The van der Waals surface area contributed by atoms with Gasteiger partial charge in [-0.15, -0.1) is 4.40 Å². The van der Waals surface area contributed by atoms with Gasteiger partial charge in [0, 0.05) is 17.0 Å². The molecule has 0 fully saturated rings. The number of nitrogens with zero attached hydrogens (tertiary/aromatic N) is 2. The fourth-order valence-corrected chi connectivity index (χ4v) is 3.32. The topological polar surface area (TPSA) is 84.6 Å². The summed E-state index contributed by atoms with van der Waals surface area (Å²) in [6, 6.07) is 18.8. The summed E-state index contributed by atoms with van der Waals surface area (Å²) in [6.45, 7) is 6.01. The second-order valence-corrected chi connectivity index (χ2v) is 8.65. The molecule has 1 aromatic heterocycles. The minimum atomic E-state index is -3.88. The van der Waals surface area contributed by atoms with Gasteiger partial charge in [0.2, 0.25) is 0 Å². The molecule has 6 nitrogen and oxygen atoms in total. The molecule has 0 radical (unpaired) electrons. The summed E-state index contributed by atoms with van der Waals surface area (Å²) in [6.07, 6.45) is 0. The van der Waals surface area contributed by atoms with E-state index in [-0.39, 0.29) is 16.1 Å². The van der Waals surface area contributed by atoms with E-state index in [2.05, 4.69) is 14.9 Å². The minimum absolute atomic E-state index is 0.121. The Kier molecular flexibility index (Phi) is 5.14. The van der Waals surface area contributed by atoms with E-state index in [4.69, 9.17) is 4.52 Å². The lowest BCUT2D eigenvalue weighted by Gasteiger charge is -2.12. The van der Waals surface area contributed by atoms with Crippen molar-refractivity contribution < 1.29 is 12.9 Å². The molecule has 0 unspecified atom stereocenters. The van der Waals surface area contributed by atoms with Gasteiger partial charge in [0.05, 0.1) is 4.90 Å². The van der Waals surface area contributed by atoms with E-state index in [1.54, 1.807) is 36.4 Å². The van der Waals surface area contributed by atoms with Gasteiger partial charge in [-0.1, -0.05) is 74.5 Å². The van der Waals surface area contributed by atoms with Gasteiger partial charge in [-0.25, -0.2) is 0 Å². The number of benzene rings is 2. The van der Waals surface area contributed by atoms with Crippen molar-refractivity contribution in [3.63, 3.8) is 0 Å². The molecule has 3 rings (SSSR count). The van der Waals surface area contributed by atoms with Crippen LogP contribution in [0.3, 0.4) is 0 Å². The zero-order valence-electron chi connectivity index (χ0n) is 15.4. The number of sulfonamides is 1. The first-order valence-electron chi connectivity index (χ1n) is 8.45. The Hall–Kier alpha value is -2.93. The molecule has 2 aromatic carbocycles. The molecule has 0 spiro atoms. The third-order valence-corrected chi connectivity index (χ3v) is 5.09. The summed E-state index contributed by atoms with van der Waals surface area (Å²) in [5, 5.41) is 6.97. The van der Waals surface area contributed by atoms with Crippen molar-refractivity contribution in [3.8, 4) is 0 Å². The molecule has 0 aliphatic carbocycles. The number of hydrogen-bond donors (Lipinski definition) is 1. The third-order valence-electron chi connectivity index (χ3n) is 3.80. The number of nitrogens with one attached hydrogen (secondary N) is 1. The second kappa shape index (κ2) is 7.36. The second-order valence-electron chi connectivity index (χ2n) is 7.05. The molecule has 140 valence electrons. The van der Waals surface area contributed by atoms with E-state index in [1.165, 1.54) is 12.1 Å². The van der Waals surface area contributed by atoms with E-state index < -0.39 is 10.0 Å². The van der Waals surface area contributed by atoms with Crippen LogP contribution in [0.4, 0.5) is 5.82 Å². The largest absolute Gasteiger partial charge is 0.359 e. The average molecular weight is 383 g/mol. The molecule has 1 heterocycles. The lowest BCUT2D eigenvalue weighted by molar-refractivity contribution is 0.331. The molecule has 7 heteroatoms. The predicted molar refractivity (Wildman–Crippen MR) is 105 cm³/mol. The molecule has 0 bridgehead atoms. The van der Waals surface area contributed by atoms with Crippen molar-refractivity contribution in [2.75, 3.05) is 5.32 Å². The molecule has 0 saturated carbocycles. The number of anilines is 1. The van der Waals surface area contributed by atoms with Crippen molar-refractivity contribution in [2.24, 2.45) is 4.40 Å². The highest BCUT2D eigenvalue weighted by Crippen LogP contribution is 2.25. The van der Waals surface area contributed by atoms with E-state index in [0.717, 1.165) is 0 Å². The summed E-state index contributed by atoms with van der Waals surface area (Å²) in [5.41, 5.74) is 0.407. The fourth-order valence-electron chi connectivity index (χ4n) is 2.32. The fraction of sp³-hybridized carbons (Fsp3) is 0.200. The van der Waals surface area contributed by atoms with Gasteiger partial charge in [0.25, 0.3) is 10.0 Å². The number of aromatic nitrogens is 1. The van der Waals surface area contributed by atoms with Crippen molar-refractivity contribution in [3.05, 3.63) is 78.1 Å². The van der Waals surface area contributed by atoms with E-state index in [0.29, 0.717) is 17.1 Å². The Bertz CT molecular complexity index is 1030. The SMILES string of the molecule is CC(C)(C)c1cc(NC(=NS(=O)(=O)c2ccccc2)c2ccccc2)no1. The monoisotopic (exact) mass is 383 g/mol. The highest BCUT2D eigenvalue weighted by Gasteiger charge is 2.21. The molecule has 0 atom stereocenters. The van der Waals surface area contributed by atoms with E-state index in [9.17, 15) is 8.42 Å². The van der Waals surface area contributed by atoms with Crippen LogP contribution in [-0.4, -0.2) is 19.4 Å². The zero-order valence-corrected chi connectivity index (χ0v) is 16.2. The number of hydrogen-bond acceptors (Lipinski definition) is 4. The molecule has 0 saturated heterocycles. The van der Waals surface area contributed by atoms with Gasteiger partial charge in [0.1, 0.15) is 5.76 Å². The van der Waals surface area contributed by atoms with Gasteiger partial charge >= 0.3 is 0 Å². The normalized spacial score (nSPS) is 12.8. The smallest absolute Gasteiger partial charge is 0.284 e. The van der Waals surface area contributed by atoms with Crippen LogP contribution in [0.25, 0.3) is 0 Å². The van der Waals surface area contributed by atoms with Crippen LogP contribution in [0, 0.1) is 0 Å². The first-order valence-corrected chi connectivity index (χ1v) is 9.89. The Labute approximate surface area is 159 Å². The molecule has 0 amide bonds. The van der Waals surface area contributed by atoms with Crippen LogP contribution in [0.1, 0.15) is 32.1 Å². The lowest BCUT2D eigenvalue weighted by Crippen LogP contribution is -2.16. The summed E-state index contributed by atoms with van der Waals surface area (Å²) < 4.78 is 34.8. The highest BCUT2D eigenvalue weighted by atomic mass is 32.2. The first kappa shape index (κ1) is 18.8. The van der Waals surface area contributed by atoms with Gasteiger partial charge in [0.15, 0.2) is 11.7 Å². The van der Waals surface area contributed by atoms with Crippen LogP contribution < -0.4 is 5.32 Å². The summed E-state index contributed by atoms with van der Waals surface area (Å²) in [5.74, 6) is 1.25. The molecule has 3 aromatic rings. The highest BCUT2D eigenvalue weighted by molar-refractivity contribution is 7.90. The van der Waals surface area contributed by atoms with Crippen molar-refractivity contribution in [1.82, 2.24) is 5.16 Å². The van der Waals surface area contributed by atoms with Crippen molar-refractivity contribution >= 4 is 21.7 Å². The average Bonchev–Trinajstić information content (AvgIpc) is 3.12. The van der Waals surface area contributed by atoms with Crippen LogP contribution in [0.15, 0.2) is 80.5 Å². The maximum atomic E-state index is 12.7. The number of amidine groups is 1. The maximum absolute atomic E-state index is 12.7. The number of rotatable bonds is 4. The van der Waals surface area contributed by atoms with Crippen LogP contribution in [0.5, 0.6) is 0 Å². The Morgan fingerprint density at radius 3 is 2.15 bits per heavy atom. The van der Waals surface area contributed by atoms with Crippen molar-refractivity contribution in [1.29, 1.82) is 0 Å². The quantitative estimate of drug-likeness (QED) is 0.539. The summed E-state index contributed by atoms with van der Waals surface area (Å²) in [7, 11) is -3.88. The molecule has 27 heavy (non-hydrogen) atoms. The Balaban J connectivity index is 2.01.